The Bertz CT molecular complexity index is 1240. The lowest BCUT2D eigenvalue weighted by Crippen LogP contribution is -2.57. The van der Waals surface area contributed by atoms with E-state index in [-0.39, 0.29) is 22.8 Å². The van der Waals surface area contributed by atoms with Gasteiger partial charge in [0.05, 0.1) is 16.7 Å². The predicted molar refractivity (Wildman–Crippen MR) is 117 cm³/mol. The maximum atomic E-state index is 13.6. The van der Waals surface area contributed by atoms with Gasteiger partial charge in [0.2, 0.25) is 0 Å². The summed E-state index contributed by atoms with van der Waals surface area (Å²) >= 11 is 1.71. The minimum absolute atomic E-state index is 0.150. The third kappa shape index (κ3) is 3.21. The van der Waals surface area contributed by atoms with E-state index >= 15 is 0 Å². The van der Waals surface area contributed by atoms with E-state index in [0.29, 0.717) is 29.2 Å². The smallest absolute Gasteiger partial charge is 0.292 e. The molecule has 0 spiro atoms. The zero-order valence-corrected chi connectivity index (χ0v) is 18.4. The summed E-state index contributed by atoms with van der Waals surface area (Å²) < 4.78 is 15.5. The fraction of sp³-hybridized carbons (Fsp3) is 0.391. The highest BCUT2D eigenvalue weighted by molar-refractivity contribution is 8.00. The van der Waals surface area contributed by atoms with Gasteiger partial charge in [0, 0.05) is 28.9 Å². The van der Waals surface area contributed by atoms with E-state index in [1.165, 1.54) is 12.1 Å². The van der Waals surface area contributed by atoms with Crippen molar-refractivity contribution in [3.8, 4) is 6.07 Å². The summed E-state index contributed by atoms with van der Waals surface area (Å²) in [6.45, 7) is 3.60. The first kappa shape index (κ1) is 20.8. The molecule has 3 aliphatic rings. The maximum Gasteiger partial charge on any atom is 0.292 e. The van der Waals surface area contributed by atoms with E-state index in [4.69, 9.17) is 5.26 Å². The number of amides is 2. The molecule has 7 nitrogen and oxygen atoms in total. The molecule has 1 saturated carbocycles. The molecule has 2 amide bonds. The number of anilines is 1. The number of nitriles is 1. The zero-order valence-electron chi connectivity index (χ0n) is 17.6. The van der Waals surface area contributed by atoms with Crippen LogP contribution in [0.25, 0.3) is 0 Å². The van der Waals surface area contributed by atoms with E-state index < -0.39 is 23.4 Å². The van der Waals surface area contributed by atoms with Crippen molar-refractivity contribution in [1.29, 1.82) is 5.26 Å². The third-order valence-corrected chi connectivity index (χ3v) is 8.16. The predicted octanol–water partition coefficient (Wildman–Crippen LogP) is 2.98. The maximum absolute atomic E-state index is 13.6. The molecule has 2 aliphatic heterocycles. The summed E-state index contributed by atoms with van der Waals surface area (Å²) in [5, 5.41) is 14.6. The average molecular weight is 453 g/mol. The highest BCUT2D eigenvalue weighted by Gasteiger charge is 2.50. The fourth-order valence-electron chi connectivity index (χ4n) is 4.74. The van der Waals surface area contributed by atoms with Crippen molar-refractivity contribution in [2.45, 2.75) is 38.3 Å². The first-order valence-electron chi connectivity index (χ1n) is 10.4. The second-order valence-corrected chi connectivity index (χ2v) is 10.0. The van der Waals surface area contributed by atoms with Gasteiger partial charge in [-0.2, -0.15) is 17.0 Å². The van der Waals surface area contributed by atoms with Crippen molar-refractivity contribution in [1.82, 2.24) is 9.88 Å². The monoisotopic (exact) mass is 452 g/mol. The van der Waals surface area contributed by atoms with Gasteiger partial charge in [0.25, 0.3) is 17.6 Å². The summed E-state index contributed by atoms with van der Waals surface area (Å²) in [4.78, 5) is 39.1. The number of Topliss-reactive ketones (excluding diaryl/α,β-unsaturated/α-hetero) is 1. The Morgan fingerprint density at radius 2 is 2.06 bits per heavy atom. The number of carbonyl (C=O) groups excluding carboxylic acids is 3. The minimum Gasteiger partial charge on any atom is -0.342 e. The first-order chi connectivity index (χ1) is 15.2. The second-order valence-electron chi connectivity index (χ2n) is 9.03. The molecule has 2 N–H and O–H groups in total. The Morgan fingerprint density at radius 3 is 2.72 bits per heavy atom. The van der Waals surface area contributed by atoms with Crippen molar-refractivity contribution < 1.29 is 18.8 Å². The molecule has 0 bridgehead atoms. The van der Waals surface area contributed by atoms with E-state index in [1.807, 2.05) is 11.5 Å². The second kappa shape index (κ2) is 7.20. The summed E-state index contributed by atoms with van der Waals surface area (Å²) in [6, 6.07) is 5.68. The summed E-state index contributed by atoms with van der Waals surface area (Å²) in [5.41, 5.74) is 1.60. The average Bonchev–Trinajstić information content (AvgIpc) is 3.31. The van der Waals surface area contributed by atoms with Crippen LogP contribution < -0.4 is 10.6 Å². The van der Waals surface area contributed by atoms with Gasteiger partial charge in [-0.1, -0.05) is 0 Å². The van der Waals surface area contributed by atoms with Crippen LogP contribution in [-0.2, 0) is 11.2 Å². The molecule has 1 saturated heterocycles. The van der Waals surface area contributed by atoms with Gasteiger partial charge in [0.15, 0.2) is 0 Å². The van der Waals surface area contributed by atoms with Crippen LogP contribution in [0.5, 0.6) is 0 Å². The molecule has 1 aliphatic carbocycles. The summed E-state index contributed by atoms with van der Waals surface area (Å²) in [7, 11) is 0. The molecule has 1 aromatic carbocycles. The number of hydrogen-bond acceptors (Lipinski definition) is 5. The number of hydrogen-bond donors (Lipinski definition) is 2. The van der Waals surface area contributed by atoms with Crippen LogP contribution in [0, 0.1) is 30.0 Å². The molecule has 2 atom stereocenters. The van der Waals surface area contributed by atoms with Crippen molar-refractivity contribution in [2.24, 2.45) is 5.92 Å². The minimum atomic E-state index is -0.663. The van der Waals surface area contributed by atoms with E-state index in [0.717, 1.165) is 29.7 Å². The highest BCUT2D eigenvalue weighted by atomic mass is 32.2. The quantitative estimate of drug-likeness (QED) is 0.536. The molecule has 2 fully saturated rings. The van der Waals surface area contributed by atoms with Gasteiger partial charge in [-0.25, -0.2) is 4.39 Å². The molecular weight excluding hydrogens is 431 g/mol. The van der Waals surface area contributed by atoms with Crippen molar-refractivity contribution in [3.63, 3.8) is 0 Å². The molecule has 164 valence electrons. The highest BCUT2D eigenvalue weighted by Crippen LogP contribution is 2.54. The molecule has 2 aromatic rings. The van der Waals surface area contributed by atoms with Gasteiger partial charge in [-0.15, -0.1) is 0 Å². The van der Waals surface area contributed by atoms with Gasteiger partial charge < -0.3 is 15.2 Å². The van der Waals surface area contributed by atoms with Crippen LogP contribution in [0.1, 0.15) is 57.1 Å². The van der Waals surface area contributed by atoms with Gasteiger partial charge in [-0.05, 0) is 56.4 Å². The SMILES string of the molecule is Cc1c(C(=O)C(=O)NC2(C)CSC2)c2n(c1C(=O)Nc1ccc(F)c(C#N)c1)C1CC1C2. The summed E-state index contributed by atoms with van der Waals surface area (Å²) in [6.07, 6.45) is 1.60. The van der Waals surface area contributed by atoms with Crippen molar-refractivity contribution >= 4 is 35.0 Å². The Labute approximate surface area is 188 Å². The molecule has 1 aromatic heterocycles. The number of ketones is 1. The Hall–Kier alpha value is -3.12. The van der Waals surface area contributed by atoms with Gasteiger partial charge in [-0.3, -0.25) is 14.4 Å². The van der Waals surface area contributed by atoms with Crippen LogP contribution >= 0.6 is 11.8 Å². The lowest BCUT2D eigenvalue weighted by atomic mass is 10.0. The molecular formula is C23H21FN4O3S. The number of carbonyl (C=O) groups is 3. The van der Waals surface area contributed by atoms with Crippen molar-refractivity contribution in [2.75, 3.05) is 16.8 Å². The van der Waals surface area contributed by atoms with E-state index in [2.05, 4.69) is 10.6 Å². The zero-order chi connectivity index (χ0) is 22.8. The lowest BCUT2D eigenvalue weighted by Gasteiger charge is -2.38. The Kier molecular flexibility index (Phi) is 4.67. The van der Waals surface area contributed by atoms with E-state index in [9.17, 15) is 18.8 Å². The number of aromatic nitrogens is 1. The standard InChI is InChI=1S/C23H21FN4O3S/c1-11-18(20(29)22(31)27-23(2)9-32-10-23)17-7-12-6-16(12)28(17)19(11)21(30)26-14-3-4-15(24)13(5-14)8-25/h3-5,12,16H,6-7,9-10H2,1-2H3,(H,26,30)(H,27,31). The number of halogens is 1. The van der Waals surface area contributed by atoms with Crippen LogP contribution in [0.4, 0.5) is 10.1 Å². The van der Waals surface area contributed by atoms with Gasteiger partial charge in [0.1, 0.15) is 17.6 Å². The normalized spacial score (nSPS) is 21.6. The first-order valence-corrected chi connectivity index (χ1v) is 11.6. The molecule has 2 unspecified atom stereocenters. The van der Waals surface area contributed by atoms with Crippen molar-refractivity contribution in [3.05, 3.63) is 52.1 Å². The Morgan fingerprint density at radius 1 is 1.31 bits per heavy atom. The summed E-state index contributed by atoms with van der Waals surface area (Å²) in [5.74, 6) is -0.467. The number of fused-ring (bicyclic) bond motifs is 3. The van der Waals surface area contributed by atoms with Crippen LogP contribution in [-0.4, -0.2) is 39.2 Å². The molecule has 9 heteroatoms. The fourth-order valence-corrected chi connectivity index (χ4v) is 5.70. The van der Waals surface area contributed by atoms with Gasteiger partial charge >= 0.3 is 0 Å². The topological polar surface area (TPSA) is 104 Å². The van der Waals surface area contributed by atoms with Crippen LogP contribution in [0.3, 0.4) is 0 Å². The van der Waals surface area contributed by atoms with Crippen LogP contribution in [0.15, 0.2) is 18.2 Å². The number of benzene rings is 1. The lowest BCUT2D eigenvalue weighted by molar-refractivity contribution is -0.118. The largest absolute Gasteiger partial charge is 0.342 e. The molecule has 32 heavy (non-hydrogen) atoms. The number of thioether (sulfide) groups is 1. The van der Waals surface area contributed by atoms with Crippen LogP contribution in [0.2, 0.25) is 0 Å². The number of nitrogens with zero attached hydrogens (tertiary/aromatic N) is 2. The number of nitrogens with one attached hydrogen (secondary N) is 2. The number of rotatable bonds is 5. The van der Waals surface area contributed by atoms with E-state index in [1.54, 1.807) is 24.8 Å². The third-order valence-electron chi connectivity index (χ3n) is 6.47. The molecule has 0 radical (unpaired) electrons. The molecule has 3 heterocycles. The Balaban J connectivity index is 1.47. The molecule has 5 rings (SSSR count).